The number of benzene rings is 1. The van der Waals surface area contributed by atoms with Gasteiger partial charge in [-0.25, -0.2) is 0 Å². The van der Waals surface area contributed by atoms with Crippen LogP contribution in [0, 0.1) is 5.92 Å². The van der Waals surface area contributed by atoms with Crippen molar-refractivity contribution in [2.75, 3.05) is 26.7 Å². The Balaban J connectivity index is 1.65. The number of piperidine rings is 1. The lowest BCUT2D eigenvalue weighted by atomic mass is 9.97. The average molecular weight is 289 g/mol. The third-order valence-electron chi connectivity index (χ3n) is 4.33. The highest BCUT2D eigenvalue weighted by Gasteiger charge is 2.19. The summed E-state index contributed by atoms with van der Waals surface area (Å²) in [6.07, 6.45) is 3.87. The van der Waals surface area contributed by atoms with Gasteiger partial charge in [-0.15, -0.1) is 0 Å². The number of rotatable bonds is 6. The minimum atomic E-state index is -0.406. The van der Waals surface area contributed by atoms with Crippen molar-refractivity contribution in [2.45, 2.75) is 31.7 Å². The van der Waals surface area contributed by atoms with Crippen molar-refractivity contribution in [1.29, 1.82) is 0 Å². The maximum absolute atomic E-state index is 12.0. The molecule has 1 fully saturated rings. The molecule has 2 rings (SSSR count). The van der Waals surface area contributed by atoms with Crippen LogP contribution in [-0.4, -0.2) is 43.5 Å². The molecule has 116 valence electrons. The Morgan fingerprint density at radius 2 is 2.00 bits per heavy atom. The molecule has 1 aromatic rings. The molecule has 1 aromatic carbocycles. The first-order chi connectivity index (χ1) is 10.1. The van der Waals surface area contributed by atoms with Crippen LogP contribution < -0.4 is 11.1 Å². The van der Waals surface area contributed by atoms with Crippen LogP contribution in [0.5, 0.6) is 0 Å². The van der Waals surface area contributed by atoms with Gasteiger partial charge in [0.1, 0.15) is 0 Å². The molecule has 1 aliphatic rings. The van der Waals surface area contributed by atoms with E-state index in [1.807, 2.05) is 18.2 Å². The summed E-state index contributed by atoms with van der Waals surface area (Å²) in [4.78, 5) is 14.4. The molecule has 1 aliphatic heterocycles. The highest BCUT2D eigenvalue weighted by molar-refractivity contribution is 5.81. The van der Waals surface area contributed by atoms with Gasteiger partial charge in [0.2, 0.25) is 5.91 Å². The molecule has 0 saturated carbocycles. The highest BCUT2D eigenvalue weighted by atomic mass is 16.2. The fourth-order valence-corrected chi connectivity index (χ4v) is 2.74. The summed E-state index contributed by atoms with van der Waals surface area (Å²) in [5.74, 6) is 0.594. The summed E-state index contributed by atoms with van der Waals surface area (Å²) in [7, 11) is 2.15. The normalized spacial score (nSPS) is 18.4. The molecule has 0 bridgehead atoms. The molecule has 1 atom stereocenters. The number of nitrogens with two attached hydrogens (primary N) is 1. The first kappa shape index (κ1) is 16.0. The molecule has 21 heavy (non-hydrogen) atoms. The largest absolute Gasteiger partial charge is 0.354 e. The van der Waals surface area contributed by atoms with Crippen LogP contribution in [0.25, 0.3) is 0 Å². The molecule has 3 N–H and O–H groups in total. The van der Waals surface area contributed by atoms with Crippen molar-refractivity contribution in [3.8, 4) is 0 Å². The van der Waals surface area contributed by atoms with Crippen LogP contribution in [0.1, 0.15) is 24.8 Å². The smallest absolute Gasteiger partial charge is 0.236 e. The Bertz CT molecular complexity index is 427. The van der Waals surface area contributed by atoms with E-state index >= 15 is 0 Å². The number of hydrogen-bond acceptors (Lipinski definition) is 3. The van der Waals surface area contributed by atoms with Gasteiger partial charge in [0.25, 0.3) is 0 Å². The van der Waals surface area contributed by atoms with Gasteiger partial charge in [-0.1, -0.05) is 30.3 Å². The lowest BCUT2D eigenvalue weighted by Crippen LogP contribution is -2.44. The van der Waals surface area contributed by atoms with Crippen molar-refractivity contribution >= 4 is 5.91 Å². The zero-order valence-corrected chi connectivity index (χ0v) is 12.9. The van der Waals surface area contributed by atoms with Crippen molar-refractivity contribution in [2.24, 2.45) is 11.7 Å². The van der Waals surface area contributed by atoms with Crippen molar-refractivity contribution in [3.05, 3.63) is 35.9 Å². The molecule has 1 unspecified atom stereocenters. The second-order valence-electron chi connectivity index (χ2n) is 6.12. The molecular weight excluding hydrogens is 262 g/mol. The van der Waals surface area contributed by atoms with E-state index in [1.165, 1.54) is 5.56 Å². The van der Waals surface area contributed by atoms with Crippen LogP contribution in [0.2, 0.25) is 0 Å². The molecule has 1 heterocycles. The minimum Gasteiger partial charge on any atom is -0.354 e. The summed E-state index contributed by atoms with van der Waals surface area (Å²) in [5.41, 5.74) is 7.21. The Morgan fingerprint density at radius 3 is 2.67 bits per heavy atom. The predicted molar refractivity (Wildman–Crippen MR) is 86.0 cm³/mol. The summed E-state index contributed by atoms with van der Waals surface area (Å²) < 4.78 is 0. The van der Waals surface area contributed by atoms with E-state index in [0.29, 0.717) is 12.3 Å². The van der Waals surface area contributed by atoms with Gasteiger partial charge >= 0.3 is 0 Å². The third-order valence-corrected chi connectivity index (χ3v) is 4.33. The summed E-state index contributed by atoms with van der Waals surface area (Å²) >= 11 is 0. The molecule has 0 radical (unpaired) electrons. The number of carbonyl (C=O) groups excluding carboxylic acids is 1. The number of nitrogens with zero attached hydrogens (tertiary/aromatic N) is 1. The first-order valence-corrected chi connectivity index (χ1v) is 7.91. The molecule has 0 spiro atoms. The molecule has 4 heteroatoms. The van der Waals surface area contributed by atoms with Crippen LogP contribution in [0.15, 0.2) is 30.3 Å². The topological polar surface area (TPSA) is 58.4 Å². The quantitative estimate of drug-likeness (QED) is 0.832. The maximum atomic E-state index is 12.0. The fraction of sp³-hybridized carbons (Fsp3) is 0.588. The van der Waals surface area contributed by atoms with Gasteiger partial charge in [-0.3, -0.25) is 4.79 Å². The average Bonchev–Trinajstić information content (AvgIpc) is 2.52. The molecule has 0 aliphatic carbocycles. The maximum Gasteiger partial charge on any atom is 0.236 e. The van der Waals surface area contributed by atoms with Crippen LogP contribution >= 0.6 is 0 Å². The zero-order valence-electron chi connectivity index (χ0n) is 12.9. The monoisotopic (exact) mass is 289 g/mol. The lowest BCUT2D eigenvalue weighted by Gasteiger charge is -2.29. The molecular formula is C17H27N3O. The van der Waals surface area contributed by atoms with Gasteiger partial charge in [0, 0.05) is 6.54 Å². The number of nitrogens with one attached hydrogen (secondary N) is 1. The van der Waals surface area contributed by atoms with Crippen LogP contribution in [0.4, 0.5) is 0 Å². The van der Waals surface area contributed by atoms with Gasteiger partial charge in [0.05, 0.1) is 6.04 Å². The number of carbonyl (C=O) groups is 1. The Morgan fingerprint density at radius 1 is 1.33 bits per heavy atom. The van der Waals surface area contributed by atoms with Crippen molar-refractivity contribution < 1.29 is 4.79 Å². The molecule has 1 saturated heterocycles. The predicted octanol–water partition coefficient (Wildman–Crippen LogP) is 1.40. The second kappa shape index (κ2) is 8.15. The number of amides is 1. The minimum absolute atomic E-state index is 0.00939. The van der Waals surface area contributed by atoms with E-state index in [9.17, 15) is 4.79 Å². The van der Waals surface area contributed by atoms with Gasteiger partial charge < -0.3 is 16.0 Å². The van der Waals surface area contributed by atoms with E-state index in [4.69, 9.17) is 5.73 Å². The van der Waals surface area contributed by atoms with E-state index in [2.05, 4.69) is 29.4 Å². The van der Waals surface area contributed by atoms with Crippen LogP contribution in [0.3, 0.4) is 0 Å². The van der Waals surface area contributed by atoms with Gasteiger partial charge in [-0.05, 0) is 57.3 Å². The number of likely N-dealkylation sites (tertiary alicyclic amines) is 1. The van der Waals surface area contributed by atoms with E-state index in [1.54, 1.807) is 0 Å². The molecule has 4 nitrogen and oxygen atoms in total. The van der Waals surface area contributed by atoms with E-state index in [0.717, 1.165) is 38.9 Å². The Hall–Kier alpha value is -1.39. The number of aryl methyl sites for hydroxylation is 1. The van der Waals surface area contributed by atoms with E-state index < -0.39 is 6.04 Å². The Kier molecular flexibility index (Phi) is 6.21. The fourth-order valence-electron chi connectivity index (χ4n) is 2.74. The number of hydrogen-bond donors (Lipinski definition) is 2. The van der Waals surface area contributed by atoms with Crippen molar-refractivity contribution in [1.82, 2.24) is 10.2 Å². The summed E-state index contributed by atoms with van der Waals surface area (Å²) in [6, 6.07) is 9.77. The highest BCUT2D eigenvalue weighted by Crippen LogP contribution is 2.14. The first-order valence-electron chi connectivity index (χ1n) is 7.91. The third kappa shape index (κ3) is 5.48. The van der Waals surface area contributed by atoms with Gasteiger partial charge in [0.15, 0.2) is 0 Å². The molecule has 0 aromatic heterocycles. The van der Waals surface area contributed by atoms with Crippen molar-refractivity contribution in [3.63, 3.8) is 0 Å². The lowest BCUT2D eigenvalue weighted by molar-refractivity contribution is -0.122. The Labute approximate surface area is 127 Å². The molecule has 1 amide bonds. The summed E-state index contributed by atoms with van der Waals surface area (Å²) in [5, 5.41) is 3.02. The van der Waals surface area contributed by atoms with Crippen LogP contribution in [-0.2, 0) is 11.2 Å². The van der Waals surface area contributed by atoms with Gasteiger partial charge in [-0.2, -0.15) is 0 Å². The second-order valence-corrected chi connectivity index (χ2v) is 6.12. The summed E-state index contributed by atoms with van der Waals surface area (Å²) in [6.45, 7) is 3.02. The SMILES string of the molecule is CN1CCC(CNC(=O)C(N)CCc2ccccc2)CC1. The van der Waals surface area contributed by atoms with E-state index in [-0.39, 0.29) is 5.91 Å². The zero-order chi connectivity index (χ0) is 15.1. The standard InChI is InChI=1S/C17H27N3O/c1-20-11-9-15(10-12-20)13-19-17(21)16(18)8-7-14-5-3-2-4-6-14/h2-6,15-16H,7-13,18H2,1H3,(H,19,21).